The molecule has 1 aromatic rings. The van der Waals surface area contributed by atoms with Gasteiger partial charge in [0.15, 0.2) is 0 Å². The summed E-state index contributed by atoms with van der Waals surface area (Å²) < 4.78 is 18.6. The van der Waals surface area contributed by atoms with E-state index in [0.717, 1.165) is 6.07 Å². The lowest BCUT2D eigenvalue weighted by Gasteiger charge is -2.16. The van der Waals surface area contributed by atoms with Crippen molar-refractivity contribution in [3.63, 3.8) is 0 Å². The number of rotatable bonds is 7. The van der Waals surface area contributed by atoms with Crippen LogP contribution in [-0.4, -0.2) is 63.1 Å². The van der Waals surface area contributed by atoms with E-state index in [4.69, 9.17) is 4.74 Å². The summed E-state index contributed by atoms with van der Waals surface area (Å²) in [6, 6.07) is 3.26. The van der Waals surface area contributed by atoms with Crippen LogP contribution < -0.4 is 16.0 Å². The Labute approximate surface area is 151 Å². The molecular formula is C17H23FN4O4. The Morgan fingerprint density at radius 1 is 1.38 bits per heavy atom. The van der Waals surface area contributed by atoms with E-state index in [1.54, 1.807) is 12.0 Å². The van der Waals surface area contributed by atoms with Crippen LogP contribution in [0.25, 0.3) is 0 Å². The molecule has 0 spiro atoms. The van der Waals surface area contributed by atoms with E-state index >= 15 is 0 Å². The van der Waals surface area contributed by atoms with Crippen LogP contribution >= 0.6 is 0 Å². The van der Waals surface area contributed by atoms with Crippen molar-refractivity contribution in [1.82, 2.24) is 15.5 Å². The summed E-state index contributed by atoms with van der Waals surface area (Å²) in [6.45, 7) is 1.92. The van der Waals surface area contributed by atoms with Gasteiger partial charge in [-0.15, -0.1) is 0 Å². The van der Waals surface area contributed by atoms with Crippen LogP contribution in [0.1, 0.15) is 16.8 Å². The number of nitrogens with one attached hydrogen (secondary N) is 3. The highest BCUT2D eigenvalue weighted by Crippen LogP contribution is 2.17. The fourth-order valence-electron chi connectivity index (χ4n) is 2.73. The molecule has 1 fully saturated rings. The largest absolute Gasteiger partial charge is 0.383 e. The maximum atomic E-state index is 13.6. The molecule has 142 valence electrons. The van der Waals surface area contributed by atoms with Gasteiger partial charge in [0, 0.05) is 51.8 Å². The van der Waals surface area contributed by atoms with Crippen LogP contribution in [0.5, 0.6) is 0 Å². The third-order valence-corrected chi connectivity index (χ3v) is 4.11. The molecule has 1 heterocycles. The molecular weight excluding hydrogens is 343 g/mol. The highest BCUT2D eigenvalue weighted by atomic mass is 19.1. The number of halogens is 1. The summed E-state index contributed by atoms with van der Waals surface area (Å²) in [5, 5.41) is 7.58. The molecule has 0 bridgehead atoms. The van der Waals surface area contributed by atoms with Crippen LogP contribution in [0.2, 0.25) is 0 Å². The maximum Gasteiger partial charge on any atom is 0.319 e. The molecule has 0 aliphatic carbocycles. The molecule has 4 amide bonds. The molecule has 26 heavy (non-hydrogen) atoms. The lowest BCUT2D eigenvalue weighted by atomic mass is 10.1. The highest BCUT2D eigenvalue weighted by molar-refractivity contribution is 5.97. The summed E-state index contributed by atoms with van der Waals surface area (Å²) >= 11 is 0. The second-order valence-electron chi connectivity index (χ2n) is 6.01. The first kappa shape index (κ1) is 19.6. The number of carbonyl (C=O) groups excluding carboxylic acids is 3. The van der Waals surface area contributed by atoms with Gasteiger partial charge in [0.1, 0.15) is 5.82 Å². The number of hydrogen-bond donors (Lipinski definition) is 3. The minimum atomic E-state index is -0.670. The van der Waals surface area contributed by atoms with Crippen LogP contribution in [0.15, 0.2) is 18.2 Å². The molecule has 1 unspecified atom stereocenters. The van der Waals surface area contributed by atoms with Gasteiger partial charge in [0.25, 0.3) is 5.91 Å². The molecule has 1 aliphatic heterocycles. The minimum Gasteiger partial charge on any atom is -0.383 e. The van der Waals surface area contributed by atoms with Crippen molar-refractivity contribution in [2.45, 2.75) is 6.42 Å². The lowest BCUT2D eigenvalue weighted by molar-refractivity contribution is -0.128. The van der Waals surface area contributed by atoms with Gasteiger partial charge in [-0.3, -0.25) is 9.59 Å². The summed E-state index contributed by atoms with van der Waals surface area (Å²) in [5.74, 6) is -1.18. The molecule has 8 nitrogen and oxygen atoms in total. The normalized spacial score (nSPS) is 16.5. The number of amides is 4. The Morgan fingerprint density at radius 3 is 2.85 bits per heavy atom. The van der Waals surface area contributed by atoms with Crippen molar-refractivity contribution in [3.05, 3.63) is 29.6 Å². The molecule has 0 radical (unpaired) electrons. The summed E-state index contributed by atoms with van der Waals surface area (Å²) in [7, 11) is 2.97. The SMILES string of the molecule is CNC(=O)c1cc(NC(=O)NCC2CC(=O)N(CCOC)C2)ccc1F. The molecule has 1 saturated heterocycles. The lowest BCUT2D eigenvalue weighted by Crippen LogP contribution is -2.34. The van der Waals surface area contributed by atoms with Gasteiger partial charge in [0.2, 0.25) is 5.91 Å². The number of likely N-dealkylation sites (tertiary alicyclic amines) is 1. The van der Waals surface area contributed by atoms with Gasteiger partial charge in [0.05, 0.1) is 12.2 Å². The maximum absolute atomic E-state index is 13.6. The monoisotopic (exact) mass is 366 g/mol. The van der Waals surface area contributed by atoms with Gasteiger partial charge in [-0.05, 0) is 18.2 Å². The summed E-state index contributed by atoms with van der Waals surface area (Å²) in [4.78, 5) is 37.2. The highest BCUT2D eigenvalue weighted by Gasteiger charge is 2.29. The van der Waals surface area contributed by atoms with Crippen molar-refractivity contribution in [3.8, 4) is 0 Å². The number of benzene rings is 1. The summed E-state index contributed by atoms with van der Waals surface area (Å²) in [6.07, 6.45) is 0.376. The van der Waals surface area contributed by atoms with Crippen molar-refractivity contribution >= 4 is 23.5 Å². The first-order valence-corrected chi connectivity index (χ1v) is 8.27. The Kier molecular flexibility index (Phi) is 6.90. The van der Waals surface area contributed by atoms with Crippen molar-refractivity contribution in [2.75, 3.05) is 45.7 Å². The smallest absolute Gasteiger partial charge is 0.319 e. The van der Waals surface area contributed by atoms with E-state index in [9.17, 15) is 18.8 Å². The first-order valence-electron chi connectivity index (χ1n) is 8.27. The van der Waals surface area contributed by atoms with Gasteiger partial charge in [-0.2, -0.15) is 0 Å². The Balaban J connectivity index is 1.84. The van der Waals surface area contributed by atoms with Crippen LogP contribution in [0, 0.1) is 11.7 Å². The molecule has 3 N–H and O–H groups in total. The third kappa shape index (κ3) is 5.16. The quantitative estimate of drug-likeness (QED) is 0.665. The number of anilines is 1. The second kappa shape index (κ2) is 9.14. The molecule has 1 aromatic carbocycles. The van der Waals surface area contributed by atoms with E-state index in [-0.39, 0.29) is 17.4 Å². The van der Waals surface area contributed by atoms with E-state index in [1.807, 2.05) is 0 Å². The Bertz CT molecular complexity index is 683. The molecule has 9 heteroatoms. The topological polar surface area (TPSA) is 99.8 Å². The molecule has 2 rings (SSSR count). The van der Waals surface area contributed by atoms with Crippen molar-refractivity contribution < 1.29 is 23.5 Å². The van der Waals surface area contributed by atoms with E-state index in [2.05, 4.69) is 16.0 Å². The fourth-order valence-corrected chi connectivity index (χ4v) is 2.73. The molecule has 0 saturated carbocycles. The second-order valence-corrected chi connectivity index (χ2v) is 6.01. The van der Waals surface area contributed by atoms with Crippen molar-refractivity contribution in [2.24, 2.45) is 5.92 Å². The average Bonchev–Trinajstić information content (AvgIpc) is 2.99. The number of methoxy groups -OCH3 is 1. The minimum absolute atomic E-state index is 0.0276. The van der Waals surface area contributed by atoms with Crippen LogP contribution in [-0.2, 0) is 9.53 Å². The van der Waals surface area contributed by atoms with Crippen molar-refractivity contribution in [1.29, 1.82) is 0 Å². The van der Waals surface area contributed by atoms with Gasteiger partial charge < -0.3 is 25.6 Å². The fraction of sp³-hybridized carbons (Fsp3) is 0.471. The standard InChI is InChI=1S/C17H23FN4O4/c1-19-16(24)13-8-12(3-4-14(13)18)21-17(25)20-9-11-7-15(23)22(10-11)5-6-26-2/h3-4,8,11H,5-7,9-10H2,1-2H3,(H,19,24)(H2,20,21,25). The number of ether oxygens (including phenoxy) is 1. The first-order chi connectivity index (χ1) is 12.4. The average molecular weight is 366 g/mol. The third-order valence-electron chi connectivity index (χ3n) is 4.11. The number of carbonyl (C=O) groups is 3. The van der Waals surface area contributed by atoms with E-state index in [0.29, 0.717) is 38.3 Å². The predicted octanol–water partition coefficient (Wildman–Crippen LogP) is 0.802. The van der Waals surface area contributed by atoms with Crippen LogP contribution in [0.4, 0.5) is 14.9 Å². The van der Waals surface area contributed by atoms with E-state index < -0.39 is 17.8 Å². The van der Waals surface area contributed by atoms with Crippen LogP contribution in [0.3, 0.4) is 0 Å². The zero-order chi connectivity index (χ0) is 19.1. The Hall–Kier alpha value is -2.68. The van der Waals surface area contributed by atoms with Gasteiger partial charge in [-0.1, -0.05) is 0 Å². The molecule has 0 aromatic heterocycles. The number of hydrogen-bond acceptors (Lipinski definition) is 4. The number of nitrogens with zero attached hydrogens (tertiary/aromatic N) is 1. The van der Waals surface area contributed by atoms with E-state index in [1.165, 1.54) is 19.2 Å². The molecule has 1 aliphatic rings. The summed E-state index contributed by atoms with van der Waals surface area (Å²) in [5.41, 5.74) is 0.146. The number of urea groups is 1. The molecule has 1 atom stereocenters. The Morgan fingerprint density at radius 2 is 2.15 bits per heavy atom. The predicted molar refractivity (Wildman–Crippen MR) is 93.4 cm³/mol. The van der Waals surface area contributed by atoms with Gasteiger partial charge >= 0.3 is 6.03 Å². The zero-order valence-corrected chi connectivity index (χ0v) is 14.8. The zero-order valence-electron chi connectivity index (χ0n) is 14.8. The van der Waals surface area contributed by atoms with Gasteiger partial charge in [-0.25, -0.2) is 9.18 Å².